The molecular weight excluding hydrogens is 1190 g/mol. The monoisotopic (exact) mass is 1290 g/mol. The van der Waals surface area contributed by atoms with Crippen LogP contribution in [-0.2, 0) is 51.9 Å². The van der Waals surface area contributed by atoms with Gasteiger partial charge in [-0.2, -0.15) is 0 Å². The first-order chi connectivity index (χ1) is 42.2. The van der Waals surface area contributed by atoms with Gasteiger partial charge in [0.05, 0.1) is 41.1 Å². The van der Waals surface area contributed by atoms with Crippen molar-refractivity contribution >= 4 is 77.3 Å². The minimum absolute atomic E-state index is 0.0262. The van der Waals surface area contributed by atoms with Gasteiger partial charge in [0.2, 0.25) is 41.4 Å². The molecule has 1 unspecified atom stereocenters. The van der Waals surface area contributed by atoms with E-state index in [1.54, 1.807) is 4.57 Å². The quantitative estimate of drug-likeness (QED) is 0.0600. The lowest BCUT2D eigenvalue weighted by molar-refractivity contribution is -0.125. The Bertz CT molecular complexity index is 3590. The molecule has 6 aliphatic rings. The Labute approximate surface area is 529 Å². The van der Waals surface area contributed by atoms with Gasteiger partial charge in [-0.3, -0.25) is 57.6 Å². The molecule has 8 rings (SSSR count). The molecule has 91 heavy (non-hydrogen) atoms. The first-order valence-electron chi connectivity index (χ1n) is 30.9. The van der Waals surface area contributed by atoms with Crippen LogP contribution in [0.5, 0.6) is 0 Å². The number of rotatable bonds is 26. The van der Waals surface area contributed by atoms with E-state index in [9.17, 15) is 53.2 Å². The third kappa shape index (κ3) is 12.8. The summed E-state index contributed by atoms with van der Waals surface area (Å²) in [6.45, 7) is 21.1. The summed E-state index contributed by atoms with van der Waals surface area (Å²) in [5.74, 6) is -7.30. The predicted molar refractivity (Wildman–Crippen MR) is 338 cm³/mol. The first-order valence-corrected chi connectivity index (χ1v) is 32.4. The standard InChI is InChI=1S/C63H92N13O14P/c1-30-21-39-40(22-31(30)2)76(29-71-39)57-53(85)54(41(28-77)88-57)90-91(86,87)89-32(3)27-70-50(84)19-20-59(8)42(24-47(67)81)62(11)63(12)61(10,26-49(69)83)37(15-18-46(66)80)52(74-63)34(5)55-60(9,25-48(68)82)35(13-16-44(64)78)38(72-55)23-43-58(6,7)36(14-17-45(65)79)51(73-43)33(4)56(59)75-62/h21-23,29,32,35-37,41-42,53-54,57,72,77,85H,13-20,24-28H2,1-12H3,(H2,64,78)(H2,65,79)(H2,66,80)(H2,67,81)(H2,68,82)(H2,69,83)(H,70,84)(H,86,87)/b38-23-,51-33?,55-34?/t32-,35-,36-,37-,41-,42-,53-,54-,57+,59-,60+,61+,62-,63-/m1/s1. The number of nitrogens with zero attached hydrogens (tertiary/aromatic N) is 5. The number of fused-ring (bicyclic) bond motifs is 7. The molecule has 0 radical (unpaired) electrons. The molecule has 7 amide bonds. The SMILES string of the molecule is CC1=C2N=C(/C=C3\NC(=C(C)C4=N[C@](C)([C@@](C)(CC(N)=O)[C@@H]4CCC(N)=O)[C@]4(C)N=C1[C@](C)(CCC(=O)NC[C@@H](C)OP(=O)(O)O[C@H]1[C@@H](O)[C@@H](n5cnc6cc(C)c(C)cc65)O[C@@H]1CO)[C@H]4CC(N)=O)[C@@](C)(CC(N)=O)[C@@H]3CCC(N)=O)C(C)(C)[C@@H]2CCC(N)=O. The molecule has 2 fully saturated rings. The summed E-state index contributed by atoms with van der Waals surface area (Å²) in [4.78, 5) is 127. The molecule has 7 heterocycles. The molecule has 498 valence electrons. The molecule has 1 aromatic heterocycles. The molecule has 27 nitrogen and oxygen atoms in total. The van der Waals surface area contributed by atoms with E-state index in [0.717, 1.165) is 11.1 Å². The van der Waals surface area contributed by atoms with Crippen LogP contribution in [0, 0.1) is 59.2 Å². The number of benzene rings is 1. The Balaban J connectivity index is 1.21. The minimum Gasteiger partial charge on any atom is -0.394 e. The number of nitrogens with one attached hydrogen (secondary N) is 2. The van der Waals surface area contributed by atoms with Crippen molar-refractivity contribution < 1.29 is 67.0 Å². The number of phosphoric ester groups is 1. The predicted octanol–water partition coefficient (Wildman–Crippen LogP) is 3.55. The number of aromatic nitrogens is 2. The average Bonchev–Trinajstić information content (AvgIpc) is 1.52. The van der Waals surface area contributed by atoms with Crippen molar-refractivity contribution in [2.24, 2.45) is 94.7 Å². The van der Waals surface area contributed by atoms with E-state index < -0.39 is 143 Å². The number of primary amides is 6. The van der Waals surface area contributed by atoms with E-state index in [2.05, 4.69) is 15.6 Å². The maximum Gasteiger partial charge on any atom is 0.472 e. The molecule has 8 bridgehead atoms. The van der Waals surface area contributed by atoms with Crippen molar-refractivity contribution in [3.8, 4) is 0 Å². The second kappa shape index (κ2) is 25.5. The number of ether oxygens (including phenoxy) is 1. The fourth-order valence-electron chi connectivity index (χ4n) is 16.0. The molecule has 6 aliphatic heterocycles. The van der Waals surface area contributed by atoms with Crippen LogP contribution in [0.3, 0.4) is 0 Å². The summed E-state index contributed by atoms with van der Waals surface area (Å²) in [5.41, 5.74) is 35.8. The van der Waals surface area contributed by atoms with Gasteiger partial charge in [0.1, 0.15) is 18.3 Å². The summed E-state index contributed by atoms with van der Waals surface area (Å²) in [7, 11) is -5.08. The number of amides is 7. The molecular formula is C63H92N13O14P. The highest BCUT2D eigenvalue weighted by Crippen LogP contribution is 2.66. The summed E-state index contributed by atoms with van der Waals surface area (Å²) >= 11 is 0. The number of hydrogen-bond acceptors (Lipinski definition) is 18. The van der Waals surface area contributed by atoms with Crippen molar-refractivity contribution in [2.75, 3.05) is 13.2 Å². The van der Waals surface area contributed by atoms with Gasteiger partial charge in [0.25, 0.3) is 0 Å². The molecule has 1 aromatic carbocycles. The third-order valence-electron chi connectivity index (χ3n) is 21.3. The highest BCUT2D eigenvalue weighted by molar-refractivity contribution is 7.47. The van der Waals surface area contributed by atoms with Crippen LogP contribution in [-0.4, -0.2) is 132 Å². The highest BCUT2D eigenvalue weighted by atomic mass is 31.2. The fourth-order valence-corrected chi connectivity index (χ4v) is 17.1. The van der Waals surface area contributed by atoms with Crippen molar-refractivity contribution in [3.05, 3.63) is 63.9 Å². The lowest BCUT2D eigenvalue weighted by atomic mass is 9.51. The molecule has 15 atom stereocenters. The number of aliphatic hydroxyl groups excluding tert-OH is 2. The summed E-state index contributed by atoms with van der Waals surface area (Å²) in [6.07, 6.45) is -4.38. The van der Waals surface area contributed by atoms with E-state index >= 15 is 0 Å². The van der Waals surface area contributed by atoms with Crippen LogP contribution in [0.25, 0.3) is 11.0 Å². The summed E-state index contributed by atoms with van der Waals surface area (Å²) < 4.78 is 32.3. The molecule has 2 aromatic rings. The number of aryl methyl sites for hydroxylation is 2. The minimum atomic E-state index is -5.08. The number of phosphoric acid groups is 1. The summed E-state index contributed by atoms with van der Waals surface area (Å²) in [6, 6.07) is 3.74. The highest BCUT2D eigenvalue weighted by Gasteiger charge is 2.71. The van der Waals surface area contributed by atoms with Crippen LogP contribution in [0.2, 0.25) is 0 Å². The molecule has 28 heteroatoms. The Morgan fingerprint density at radius 2 is 1.37 bits per heavy atom. The van der Waals surface area contributed by atoms with E-state index in [4.69, 9.17) is 63.2 Å². The van der Waals surface area contributed by atoms with Gasteiger partial charge in [-0.1, -0.05) is 34.6 Å². The maximum atomic E-state index is 14.4. The number of hydrogen-bond donors (Lipinski definition) is 11. The molecule has 0 aliphatic carbocycles. The van der Waals surface area contributed by atoms with E-state index in [-0.39, 0.29) is 77.2 Å². The Morgan fingerprint density at radius 3 is 1.96 bits per heavy atom. The zero-order chi connectivity index (χ0) is 67.6. The van der Waals surface area contributed by atoms with E-state index in [1.165, 1.54) is 13.3 Å². The van der Waals surface area contributed by atoms with Crippen molar-refractivity contribution in [1.82, 2.24) is 20.2 Å². The Kier molecular flexibility index (Phi) is 19.6. The number of carbonyl (C=O) groups is 7. The van der Waals surface area contributed by atoms with Crippen LogP contribution in [0.4, 0.5) is 0 Å². The topological polar surface area (TPSA) is 460 Å². The second-order valence-corrected chi connectivity index (χ2v) is 29.0. The first kappa shape index (κ1) is 69.9. The number of aliphatic imine (C=N–C) groups is 3. The molecule has 0 saturated carbocycles. The number of nitrogens with two attached hydrogens (primary N) is 6. The van der Waals surface area contributed by atoms with Crippen LogP contribution >= 0.6 is 7.82 Å². The maximum absolute atomic E-state index is 14.4. The Hall–Kier alpha value is -7.00. The largest absolute Gasteiger partial charge is 0.472 e. The second-order valence-electron chi connectivity index (χ2n) is 27.6. The molecule has 0 spiro atoms. The molecule has 17 N–H and O–H groups in total. The average molecular weight is 1290 g/mol. The summed E-state index contributed by atoms with van der Waals surface area (Å²) in [5, 5.41) is 28.3. The number of allylic oxidation sites excluding steroid dienone is 6. The lowest BCUT2D eigenvalue weighted by Crippen LogP contribution is -2.62. The van der Waals surface area contributed by atoms with Crippen molar-refractivity contribution in [2.45, 2.75) is 195 Å². The number of imidazole rings is 1. The molecule has 2 saturated heterocycles. The van der Waals surface area contributed by atoms with E-state index in [0.29, 0.717) is 56.4 Å². The van der Waals surface area contributed by atoms with Gasteiger partial charge in [0.15, 0.2) is 6.23 Å². The Morgan fingerprint density at radius 1 is 0.780 bits per heavy atom. The van der Waals surface area contributed by atoms with Gasteiger partial charge >= 0.3 is 7.82 Å². The van der Waals surface area contributed by atoms with Gasteiger partial charge < -0.3 is 69.4 Å². The third-order valence-corrected chi connectivity index (χ3v) is 22.4. The lowest BCUT2D eigenvalue weighted by Gasteiger charge is -2.53. The van der Waals surface area contributed by atoms with Crippen LogP contribution in [0.15, 0.2) is 67.8 Å². The van der Waals surface area contributed by atoms with Gasteiger partial charge in [0, 0.05) is 131 Å². The van der Waals surface area contributed by atoms with Gasteiger partial charge in [-0.25, -0.2) is 9.55 Å². The van der Waals surface area contributed by atoms with Crippen molar-refractivity contribution in [1.29, 1.82) is 0 Å². The normalized spacial score (nSPS) is 33.2. The van der Waals surface area contributed by atoms with E-state index in [1.807, 2.05) is 94.4 Å². The van der Waals surface area contributed by atoms with Gasteiger partial charge in [-0.15, -0.1) is 0 Å². The number of carbonyl (C=O) groups excluding carboxylic acids is 7. The van der Waals surface area contributed by atoms with Crippen LogP contribution in [0.1, 0.15) is 157 Å². The van der Waals surface area contributed by atoms with Crippen molar-refractivity contribution in [3.63, 3.8) is 0 Å². The number of aliphatic hydroxyl groups is 2. The zero-order valence-electron chi connectivity index (χ0n) is 54.2. The zero-order valence-corrected chi connectivity index (χ0v) is 55.1. The smallest absolute Gasteiger partial charge is 0.394 e. The fraction of sp³-hybridized carbons (Fsp3) is 0.635. The van der Waals surface area contributed by atoms with Gasteiger partial charge in [-0.05, 0) is 115 Å². The van der Waals surface area contributed by atoms with Crippen LogP contribution < -0.4 is 45.0 Å².